The molecule has 3 aromatic heterocycles. The maximum Gasteiger partial charge on any atom is 0.318 e. The first kappa shape index (κ1) is 29.4. The Morgan fingerprint density at radius 1 is 0.426 bits per heavy atom. The first-order valence-corrected chi connectivity index (χ1v) is 20.1. The highest BCUT2D eigenvalue weighted by Crippen LogP contribution is 2.52. The van der Waals surface area contributed by atoms with Gasteiger partial charge in [0.05, 0.1) is 27.5 Å². The summed E-state index contributed by atoms with van der Waals surface area (Å²) >= 11 is 3.97. The molecule has 5 heterocycles. The van der Waals surface area contributed by atoms with Crippen LogP contribution >= 0.6 is 23.2 Å². The topological polar surface area (TPSA) is 23.0 Å². The van der Waals surface area contributed by atoms with Crippen LogP contribution in [0.3, 0.4) is 0 Å². The largest absolute Gasteiger partial charge is 0.455 e. The van der Waals surface area contributed by atoms with Gasteiger partial charge in [0.25, 0.3) is 0 Å². The van der Waals surface area contributed by atoms with Crippen LogP contribution in [0.25, 0.3) is 99.2 Å². The highest BCUT2D eigenvalue weighted by Gasteiger charge is 2.37. The lowest BCUT2D eigenvalue weighted by Crippen LogP contribution is -2.33. The number of fused-ring (bicyclic) bond motifs is 16. The molecule has 0 saturated carbocycles. The number of hydrogen-bond donors (Lipinski definition) is 0. The summed E-state index contributed by atoms with van der Waals surface area (Å²) in [5.74, 6) is 0. The van der Waals surface area contributed by atoms with Gasteiger partial charge in [-0.25, -0.2) is 0 Å². The SMILES string of the molecule is c1ccc(-n2c3ccccc3c3c4oc5ccccc5c4c4c5ccccc5n(-c5cc6c7c(c5)-c5ccccc5SB7Sc5ccccc5-6)c4c32)cc1. The summed E-state index contributed by atoms with van der Waals surface area (Å²) in [5.41, 5.74) is 15.5. The molecular formula is C48H27BN2OS2. The Balaban J connectivity index is 1.30. The second-order valence-corrected chi connectivity index (χ2v) is 16.9. The van der Waals surface area contributed by atoms with Crippen LogP contribution in [0, 0.1) is 0 Å². The van der Waals surface area contributed by atoms with E-state index >= 15 is 0 Å². The Morgan fingerprint density at radius 2 is 0.944 bits per heavy atom. The predicted octanol–water partition coefficient (Wildman–Crippen LogP) is 13.0. The van der Waals surface area contributed by atoms with Crippen molar-refractivity contribution in [1.82, 2.24) is 9.13 Å². The average Bonchev–Trinajstić information content (AvgIpc) is 3.89. The van der Waals surface area contributed by atoms with Crippen LogP contribution in [0.4, 0.5) is 0 Å². The lowest BCUT2D eigenvalue weighted by atomic mass is 9.77. The van der Waals surface area contributed by atoms with Crippen molar-refractivity contribution in [2.75, 3.05) is 0 Å². The predicted molar refractivity (Wildman–Crippen MR) is 230 cm³/mol. The number of furan rings is 1. The van der Waals surface area contributed by atoms with E-state index in [1.54, 1.807) is 0 Å². The Hall–Kier alpha value is -6.08. The smallest absolute Gasteiger partial charge is 0.318 e. The molecule has 0 N–H and O–H groups in total. The van der Waals surface area contributed by atoms with E-state index in [1.807, 2.05) is 23.2 Å². The van der Waals surface area contributed by atoms with E-state index in [9.17, 15) is 0 Å². The number of rotatable bonds is 2. The highest BCUT2D eigenvalue weighted by molar-refractivity contribution is 8.56. The summed E-state index contributed by atoms with van der Waals surface area (Å²) in [6, 6.07) is 60.0. The molecule has 250 valence electrons. The molecular weight excluding hydrogens is 695 g/mol. The van der Waals surface area contributed by atoms with E-state index in [0.717, 1.165) is 44.3 Å². The minimum Gasteiger partial charge on any atom is -0.455 e. The van der Waals surface area contributed by atoms with Gasteiger partial charge in [0.2, 0.25) is 0 Å². The first-order chi connectivity index (χ1) is 26.8. The van der Waals surface area contributed by atoms with E-state index in [4.69, 9.17) is 4.42 Å². The van der Waals surface area contributed by atoms with Crippen molar-refractivity contribution in [1.29, 1.82) is 0 Å². The van der Waals surface area contributed by atoms with Gasteiger partial charge in [-0.05, 0) is 82.3 Å². The maximum absolute atomic E-state index is 6.98. The average molecular weight is 723 g/mol. The van der Waals surface area contributed by atoms with Crippen molar-refractivity contribution in [2.45, 2.75) is 9.79 Å². The van der Waals surface area contributed by atoms with Crippen LogP contribution in [0.15, 0.2) is 178 Å². The van der Waals surface area contributed by atoms with Crippen LogP contribution in [-0.4, -0.2) is 14.4 Å². The fourth-order valence-electron chi connectivity index (χ4n) is 9.42. The summed E-state index contributed by atoms with van der Waals surface area (Å²) in [6.07, 6.45) is 0. The molecule has 6 heteroatoms. The number of nitrogens with zero attached hydrogens (tertiary/aromatic N) is 2. The van der Waals surface area contributed by atoms with Crippen molar-refractivity contribution in [3.8, 4) is 33.6 Å². The van der Waals surface area contributed by atoms with Gasteiger partial charge in [-0.1, -0.05) is 109 Å². The van der Waals surface area contributed by atoms with E-state index in [-0.39, 0.29) is 5.27 Å². The van der Waals surface area contributed by atoms with Gasteiger partial charge in [0.1, 0.15) is 11.2 Å². The molecule has 3 nitrogen and oxygen atoms in total. The third kappa shape index (κ3) is 3.76. The van der Waals surface area contributed by atoms with Gasteiger partial charge in [-0.15, -0.1) is 0 Å². The molecule has 8 aromatic carbocycles. The molecule has 0 atom stereocenters. The van der Waals surface area contributed by atoms with Crippen molar-refractivity contribution < 1.29 is 4.42 Å². The third-order valence-corrected chi connectivity index (χ3v) is 14.2. The molecule has 13 rings (SSSR count). The van der Waals surface area contributed by atoms with Crippen LogP contribution in [0.5, 0.6) is 0 Å². The molecule has 54 heavy (non-hydrogen) atoms. The Morgan fingerprint density at radius 3 is 1.63 bits per heavy atom. The van der Waals surface area contributed by atoms with Crippen molar-refractivity contribution >= 4 is 99.5 Å². The summed E-state index contributed by atoms with van der Waals surface area (Å²) < 4.78 is 12.0. The van der Waals surface area contributed by atoms with Crippen LogP contribution in [0.1, 0.15) is 0 Å². The summed E-state index contributed by atoms with van der Waals surface area (Å²) in [5, 5.41) is 7.35. The minimum atomic E-state index is 0.288. The zero-order chi connectivity index (χ0) is 35.1. The maximum atomic E-state index is 6.98. The molecule has 0 saturated heterocycles. The van der Waals surface area contributed by atoms with E-state index < -0.39 is 0 Å². The fraction of sp³-hybridized carbons (Fsp3) is 0. The number of para-hydroxylation sites is 4. The lowest BCUT2D eigenvalue weighted by molar-refractivity contribution is 0.673. The first-order valence-electron chi connectivity index (χ1n) is 18.4. The summed E-state index contributed by atoms with van der Waals surface area (Å²) in [6.45, 7) is 0. The number of benzene rings is 8. The quantitative estimate of drug-likeness (QED) is 0.166. The molecule has 0 aliphatic carbocycles. The molecule has 11 aromatic rings. The van der Waals surface area contributed by atoms with Crippen LogP contribution < -0.4 is 5.46 Å². The van der Waals surface area contributed by atoms with Crippen LogP contribution in [0.2, 0.25) is 0 Å². The molecule has 0 bridgehead atoms. The normalized spacial score (nSPS) is 13.4. The minimum absolute atomic E-state index is 0.288. The van der Waals surface area contributed by atoms with Gasteiger partial charge in [0, 0.05) is 48.1 Å². The Bertz CT molecular complexity index is 3340. The van der Waals surface area contributed by atoms with E-state index in [1.165, 1.54) is 70.1 Å². The second kappa shape index (κ2) is 10.8. The molecule has 0 fully saturated rings. The number of hydrogen-bond acceptors (Lipinski definition) is 3. The summed E-state index contributed by atoms with van der Waals surface area (Å²) in [7, 11) is 0. The Labute approximate surface area is 318 Å². The number of aromatic nitrogens is 2. The van der Waals surface area contributed by atoms with Gasteiger partial charge < -0.3 is 13.6 Å². The van der Waals surface area contributed by atoms with E-state index in [2.05, 4.69) is 173 Å². The Kier molecular flexibility index (Phi) is 5.85. The van der Waals surface area contributed by atoms with E-state index in [0.29, 0.717) is 0 Å². The molecule has 2 aliphatic rings. The third-order valence-electron chi connectivity index (χ3n) is 11.5. The summed E-state index contributed by atoms with van der Waals surface area (Å²) in [4.78, 5) is 2.68. The van der Waals surface area contributed by atoms with Gasteiger partial charge in [-0.2, -0.15) is 23.2 Å². The van der Waals surface area contributed by atoms with Crippen molar-refractivity contribution in [3.05, 3.63) is 164 Å². The van der Waals surface area contributed by atoms with Gasteiger partial charge >= 0.3 is 5.27 Å². The molecule has 0 amide bonds. The molecule has 0 spiro atoms. The van der Waals surface area contributed by atoms with Gasteiger partial charge in [0.15, 0.2) is 0 Å². The lowest BCUT2D eigenvalue weighted by Gasteiger charge is -2.32. The molecule has 2 aliphatic heterocycles. The van der Waals surface area contributed by atoms with Gasteiger partial charge in [-0.3, -0.25) is 0 Å². The molecule has 0 radical (unpaired) electrons. The van der Waals surface area contributed by atoms with Crippen molar-refractivity contribution in [2.24, 2.45) is 0 Å². The zero-order valence-corrected chi connectivity index (χ0v) is 30.4. The zero-order valence-electron chi connectivity index (χ0n) is 28.8. The fourth-order valence-corrected chi connectivity index (χ4v) is 12.4. The second-order valence-electron chi connectivity index (χ2n) is 14.3. The van der Waals surface area contributed by atoms with Crippen molar-refractivity contribution in [3.63, 3.8) is 0 Å². The standard InChI is InChI=1S/C48H27BN2OS2/c1-2-14-28(15-3-1)50-38-22-10-5-19-33(38)44-47(50)46-42(43-34-20-6-11-23-39(34)52-48(43)44)32-18-4-9-21-37(32)51(46)29-26-35-30-16-7-12-24-40(30)53-49-45(35)36(27-29)31-17-8-13-25-41(31)54-49/h1-27H. The monoisotopic (exact) mass is 722 g/mol. The highest BCUT2D eigenvalue weighted by atomic mass is 32.2. The van der Waals surface area contributed by atoms with Crippen LogP contribution in [-0.2, 0) is 0 Å². The molecule has 0 unspecified atom stereocenters.